The van der Waals surface area contributed by atoms with Crippen molar-refractivity contribution < 1.29 is 13.2 Å². The minimum Gasteiger partial charge on any atom is -0.319 e. The Balaban J connectivity index is 1.99. The lowest BCUT2D eigenvalue weighted by molar-refractivity contribution is -0.137. The average molecular weight is 390 g/mol. The summed E-state index contributed by atoms with van der Waals surface area (Å²) < 4.78 is 40.1. The number of halogens is 3. The van der Waals surface area contributed by atoms with E-state index in [1.807, 2.05) is 32.2 Å². The Hall–Kier alpha value is -1.81. The Kier molecular flexibility index (Phi) is 6.49. The van der Waals surface area contributed by atoms with Crippen LogP contribution in [0.2, 0.25) is 0 Å². The molecule has 0 bridgehead atoms. The summed E-state index contributed by atoms with van der Waals surface area (Å²) in [6.07, 6.45) is -1.20. The van der Waals surface area contributed by atoms with Gasteiger partial charge in [-0.2, -0.15) is 13.2 Å². The maximum absolute atomic E-state index is 13.4. The summed E-state index contributed by atoms with van der Waals surface area (Å²) in [6.45, 7) is 5.09. The summed E-state index contributed by atoms with van der Waals surface area (Å²) in [5, 5.41) is 3.26. The molecule has 3 rings (SSSR count). The van der Waals surface area contributed by atoms with Crippen LogP contribution in [-0.4, -0.2) is 13.6 Å². The van der Waals surface area contributed by atoms with Crippen LogP contribution in [0.1, 0.15) is 60.3 Å². The van der Waals surface area contributed by atoms with E-state index in [1.165, 1.54) is 17.7 Å². The van der Waals surface area contributed by atoms with Gasteiger partial charge in [-0.15, -0.1) is 0 Å². The van der Waals surface area contributed by atoms with E-state index >= 15 is 0 Å². The molecule has 0 saturated heterocycles. The lowest BCUT2D eigenvalue weighted by Crippen LogP contribution is -2.32. The Morgan fingerprint density at radius 3 is 2.43 bits per heavy atom. The Morgan fingerprint density at radius 1 is 1.07 bits per heavy atom. The number of hydrogen-bond acceptors (Lipinski definition) is 1. The van der Waals surface area contributed by atoms with Gasteiger partial charge in [0.05, 0.1) is 5.56 Å². The van der Waals surface area contributed by atoms with Gasteiger partial charge in [-0.05, 0) is 92.3 Å². The van der Waals surface area contributed by atoms with Gasteiger partial charge in [-0.25, -0.2) is 0 Å². The molecule has 1 aliphatic carbocycles. The van der Waals surface area contributed by atoms with Gasteiger partial charge in [0.1, 0.15) is 0 Å². The zero-order valence-electron chi connectivity index (χ0n) is 16.9. The molecule has 1 nitrogen and oxygen atoms in total. The number of nitrogens with one attached hydrogen (secondary N) is 1. The highest BCUT2D eigenvalue weighted by Crippen LogP contribution is 2.48. The number of hydrogen-bond donors (Lipinski definition) is 1. The summed E-state index contributed by atoms with van der Waals surface area (Å²) in [5.41, 5.74) is 2.58. The van der Waals surface area contributed by atoms with Crippen LogP contribution in [0.3, 0.4) is 0 Å². The average Bonchev–Trinajstić information content (AvgIpc) is 2.68. The van der Waals surface area contributed by atoms with Crippen LogP contribution in [0.5, 0.6) is 0 Å². The van der Waals surface area contributed by atoms with Crippen LogP contribution in [0.4, 0.5) is 13.2 Å². The van der Waals surface area contributed by atoms with Crippen molar-refractivity contribution in [2.24, 2.45) is 11.8 Å². The first-order chi connectivity index (χ1) is 13.3. The van der Waals surface area contributed by atoms with Crippen LogP contribution in [0.15, 0.2) is 48.5 Å². The standard InChI is InChI=1S/C24H30F3N/c1-16-9-11-20(24(25,26)27)14-22(16)23-13-18(15-28-3)10-12-21(23)17(2)19-7-5-4-6-8-19/h4-9,11,14,17-18,21,23,28H,10,12-13,15H2,1-3H3/t17-,18?,21?,23?/m0/s1. The van der Waals surface area contributed by atoms with Crippen molar-refractivity contribution in [1.82, 2.24) is 5.32 Å². The molecule has 0 heterocycles. The van der Waals surface area contributed by atoms with Crippen molar-refractivity contribution in [3.05, 3.63) is 70.8 Å². The molecule has 1 saturated carbocycles. The second-order valence-corrected chi connectivity index (χ2v) is 8.28. The number of aryl methyl sites for hydroxylation is 1. The first-order valence-corrected chi connectivity index (χ1v) is 10.2. The smallest absolute Gasteiger partial charge is 0.319 e. The molecule has 28 heavy (non-hydrogen) atoms. The topological polar surface area (TPSA) is 12.0 Å². The number of rotatable bonds is 5. The van der Waals surface area contributed by atoms with Crippen LogP contribution in [0.25, 0.3) is 0 Å². The quantitative estimate of drug-likeness (QED) is 0.612. The molecule has 0 amide bonds. The summed E-state index contributed by atoms with van der Waals surface area (Å²) in [7, 11) is 1.95. The molecule has 0 spiro atoms. The van der Waals surface area contributed by atoms with Gasteiger partial charge >= 0.3 is 6.18 Å². The van der Waals surface area contributed by atoms with E-state index in [1.54, 1.807) is 6.07 Å². The summed E-state index contributed by atoms with van der Waals surface area (Å²) >= 11 is 0. The molecule has 152 valence electrons. The van der Waals surface area contributed by atoms with Gasteiger partial charge in [0.15, 0.2) is 0 Å². The first-order valence-electron chi connectivity index (χ1n) is 10.2. The highest BCUT2D eigenvalue weighted by molar-refractivity contribution is 5.37. The highest BCUT2D eigenvalue weighted by atomic mass is 19.4. The van der Waals surface area contributed by atoms with Crippen molar-refractivity contribution in [1.29, 1.82) is 0 Å². The lowest BCUT2D eigenvalue weighted by atomic mass is 9.65. The third-order valence-electron chi connectivity index (χ3n) is 6.48. The van der Waals surface area contributed by atoms with Crippen molar-refractivity contribution in [3.8, 4) is 0 Å². The highest BCUT2D eigenvalue weighted by Gasteiger charge is 2.37. The number of alkyl halides is 3. The van der Waals surface area contributed by atoms with Gasteiger partial charge in [0.25, 0.3) is 0 Å². The third kappa shape index (κ3) is 4.60. The van der Waals surface area contributed by atoms with E-state index in [-0.39, 0.29) is 5.92 Å². The maximum Gasteiger partial charge on any atom is 0.416 e. The zero-order chi connectivity index (χ0) is 20.3. The predicted octanol–water partition coefficient (Wildman–Crippen LogP) is 6.54. The Morgan fingerprint density at radius 2 is 1.79 bits per heavy atom. The van der Waals surface area contributed by atoms with Crippen LogP contribution in [-0.2, 0) is 6.18 Å². The maximum atomic E-state index is 13.4. The van der Waals surface area contributed by atoms with Crippen molar-refractivity contribution in [2.45, 2.75) is 51.1 Å². The van der Waals surface area contributed by atoms with Gasteiger partial charge in [-0.3, -0.25) is 0 Å². The lowest BCUT2D eigenvalue weighted by Gasteiger charge is -2.40. The fourth-order valence-electron chi connectivity index (χ4n) is 4.93. The van der Waals surface area contributed by atoms with Crippen molar-refractivity contribution in [3.63, 3.8) is 0 Å². The van der Waals surface area contributed by atoms with Crippen molar-refractivity contribution in [2.75, 3.05) is 13.6 Å². The van der Waals surface area contributed by atoms with Gasteiger partial charge in [0.2, 0.25) is 0 Å². The van der Waals surface area contributed by atoms with E-state index in [2.05, 4.69) is 24.4 Å². The van der Waals surface area contributed by atoms with E-state index < -0.39 is 11.7 Å². The number of benzene rings is 2. The molecule has 0 aromatic heterocycles. The van der Waals surface area contributed by atoms with Gasteiger partial charge in [-0.1, -0.05) is 43.3 Å². The summed E-state index contributed by atoms with van der Waals surface area (Å²) in [6, 6.07) is 14.6. The molecule has 2 aromatic carbocycles. The van der Waals surface area contributed by atoms with Crippen LogP contribution < -0.4 is 5.32 Å². The molecular weight excluding hydrogens is 359 g/mol. The minimum atomic E-state index is -4.30. The third-order valence-corrected chi connectivity index (χ3v) is 6.48. The molecule has 4 atom stereocenters. The monoisotopic (exact) mass is 389 g/mol. The van der Waals surface area contributed by atoms with Crippen LogP contribution >= 0.6 is 0 Å². The van der Waals surface area contributed by atoms with E-state index in [0.29, 0.717) is 17.8 Å². The van der Waals surface area contributed by atoms with Gasteiger partial charge in [0, 0.05) is 0 Å². The van der Waals surface area contributed by atoms with Crippen LogP contribution in [0, 0.1) is 18.8 Å². The molecule has 1 fully saturated rings. The molecule has 4 heteroatoms. The zero-order valence-corrected chi connectivity index (χ0v) is 16.9. The molecule has 0 aliphatic heterocycles. The molecule has 2 aromatic rings. The van der Waals surface area contributed by atoms with E-state index in [9.17, 15) is 13.2 Å². The van der Waals surface area contributed by atoms with Crippen molar-refractivity contribution >= 4 is 0 Å². The normalized spacial score (nSPS) is 24.1. The molecule has 1 aliphatic rings. The summed E-state index contributed by atoms with van der Waals surface area (Å²) in [5.74, 6) is 1.31. The molecule has 3 unspecified atom stereocenters. The SMILES string of the molecule is CNCC1CCC([C@@H](C)c2ccccc2)C(c2cc(C(F)(F)F)ccc2C)C1. The first kappa shape index (κ1) is 20.9. The minimum absolute atomic E-state index is 0.143. The molecular formula is C24H30F3N. The second-order valence-electron chi connectivity index (χ2n) is 8.28. The second kappa shape index (κ2) is 8.69. The predicted molar refractivity (Wildman–Crippen MR) is 109 cm³/mol. The summed E-state index contributed by atoms with van der Waals surface area (Å²) in [4.78, 5) is 0. The van der Waals surface area contributed by atoms with E-state index in [0.717, 1.165) is 36.9 Å². The molecule has 1 N–H and O–H groups in total. The van der Waals surface area contributed by atoms with Gasteiger partial charge < -0.3 is 5.32 Å². The largest absolute Gasteiger partial charge is 0.416 e. The van der Waals surface area contributed by atoms with E-state index in [4.69, 9.17) is 0 Å². The Labute approximate surface area is 166 Å². The fourth-order valence-corrected chi connectivity index (χ4v) is 4.93. The Bertz CT molecular complexity index is 769. The fraction of sp³-hybridized carbons (Fsp3) is 0.500. The molecule has 0 radical (unpaired) electrons.